The van der Waals surface area contributed by atoms with E-state index in [1.54, 1.807) is 0 Å². The zero-order valence-electron chi connectivity index (χ0n) is 10.7. The average molecular weight is 314 g/mol. The third-order valence-corrected chi connectivity index (χ3v) is 2.52. The Morgan fingerprint density at radius 1 is 1.14 bits per heavy atom. The van der Waals surface area contributed by atoms with Gasteiger partial charge in [0.1, 0.15) is 5.69 Å². The Kier molecular flexibility index (Phi) is 4.02. The largest absolute Gasteiger partial charge is 0.416 e. The molecule has 2 aromatic rings. The third-order valence-electron chi connectivity index (χ3n) is 2.52. The van der Waals surface area contributed by atoms with E-state index in [1.165, 1.54) is 6.07 Å². The summed E-state index contributed by atoms with van der Waals surface area (Å²) in [5, 5.41) is 4.25. The summed E-state index contributed by atoms with van der Waals surface area (Å²) >= 11 is 0. The van der Waals surface area contributed by atoms with Crippen LogP contribution in [0.15, 0.2) is 40.1 Å². The summed E-state index contributed by atoms with van der Waals surface area (Å²) in [4.78, 5) is 37.8. The van der Waals surface area contributed by atoms with Crippen molar-refractivity contribution in [3.8, 4) is 0 Å². The fraction of sp³-hybridized carbons (Fsp3) is 0.0833. The number of carbonyl (C=O) groups is 1. The highest BCUT2D eigenvalue weighted by Crippen LogP contribution is 2.30. The van der Waals surface area contributed by atoms with Gasteiger partial charge in [0.2, 0.25) is 0 Å². The van der Waals surface area contributed by atoms with Crippen molar-refractivity contribution in [2.75, 3.05) is 10.6 Å². The van der Waals surface area contributed by atoms with Crippen molar-refractivity contribution in [1.29, 1.82) is 0 Å². The second-order valence-corrected chi connectivity index (χ2v) is 4.14. The molecule has 0 spiro atoms. The van der Waals surface area contributed by atoms with E-state index >= 15 is 0 Å². The van der Waals surface area contributed by atoms with Gasteiger partial charge in [0.05, 0.1) is 5.56 Å². The first-order valence-corrected chi connectivity index (χ1v) is 5.83. The topological polar surface area (TPSA) is 107 Å². The maximum atomic E-state index is 12.5. The average Bonchev–Trinajstić information content (AvgIpc) is 2.41. The predicted octanol–water partition coefficient (Wildman–Crippen LogP) is 1.73. The lowest BCUT2D eigenvalue weighted by molar-refractivity contribution is -0.137. The number of rotatable bonds is 2. The second-order valence-electron chi connectivity index (χ2n) is 4.14. The van der Waals surface area contributed by atoms with Crippen LogP contribution in [0.5, 0.6) is 0 Å². The molecule has 1 aromatic carbocycles. The second kappa shape index (κ2) is 5.76. The summed E-state index contributed by atoms with van der Waals surface area (Å²) in [6.07, 6.45) is -3.57. The van der Waals surface area contributed by atoms with Gasteiger partial charge >= 0.3 is 17.9 Å². The number of benzene rings is 1. The molecule has 0 atom stereocenters. The van der Waals surface area contributed by atoms with Gasteiger partial charge in [0.25, 0.3) is 5.56 Å². The molecule has 0 aliphatic carbocycles. The maximum Gasteiger partial charge on any atom is 0.416 e. The molecule has 116 valence electrons. The molecule has 0 aliphatic rings. The van der Waals surface area contributed by atoms with Gasteiger partial charge in [-0.05, 0) is 18.2 Å². The molecule has 0 unspecified atom stereocenters. The number of alkyl halides is 3. The Hall–Kier alpha value is -3.04. The minimum Gasteiger partial charge on any atom is -0.312 e. The van der Waals surface area contributed by atoms with Crippen molar-refractivity contribution in [2.45, 2.75) is 6.18 Å². The number of carbonyl (C=O) groups excluding carboxylic acids is 1. The molecule has 7 nitrogen and oxygen atoms in total. The van der Waals surface area contributed by atoms with Crippen LogP contribution >= 0.6 is 0 Å². The van der Waals surface area contributed by atoms with Gasteiger partial charge in [-0.25, -0.2) is 9.59 Å². The molecule has 0 fully saturated rings. The smallest absolute Gasteiger partial charge is 0.312 e. The first-order chi connectivity index (χ1) is 10.3. The Labute approximate surface area is 120 Å². The summed E-state index contributed by atoms with van der Waals surface area (Å²) in [6, 6.07) is 3.06. The summed E-state index contributed by atoms with van der Waals surface area (Å²) in [5.74, 6) is 0. The standard InChI is InChI=1S/C12H9F3N4O3/c13-12(14,15)6-2-1-3-7(4-6)17-11(22)18-8-5-16-10(21)19-9(8)20/h1-5H,(H2,17,18,22)(H2,16,19,20,21). The highest BCUT2D eigenvalue weighted by molar-refractivity contribution is 5.99. The number of hydrogen-bond donors (Lipinski definition) is 4. The number of urea groups is 1. The van der Waals surface area contributed by atoms with Crippen molar-refractivity contribution >= 4 is 17.4 Å². The van der Waals surface area contributed by atoms with Crippen LogP contribution in [0.4, 0.5) is 29.3 Å². The summed E-state index contributed by atoms with van der Waals surface area (Å²) in [7, 11) is 0. The van der Waals surface area contributed by atoms with E-state index in [4.69, 9.17) is 0 Å². The molecular weight excluding hydrogens is 305 g/mol. The Morgan fingerprint density at radius 3 is 2.50 bits per heavy atom. The molecule has 4 N–H and O–H groups in total. The Bertz CT molecular complexity index is 810. The van der Waals surface area contributed by atoms with E-state index in [2.05, 4.69) is 15.6 Å². The van der Waals surface area contributed by atoms with Crippen molar-refractivity contribution in [2.24, 2.45) is 0 Å². The van der Waals surface area contributed by atoms with Crippen LogP contribution < -0.4 is 21.9 Å². The van der Waals surface area contributed by atoms with E-state index in [0.29, 0.717) is 0 Å². The van der Waals surface area contributed by atoms with Crippen LogP contribution in [-0.2, 0) is 6.18 Å². The number of anilines is 2. The molecule has 1 heterocycles. The van der Waals surface area contributed by atoms with E-state index in [9.17, 15) is 27.6 Å². The predicted molar refractivity (Wildman–Crippen MR) is 71.8 cm³/mol. The van der Waals surface area contributed by atoms with Crippen LogP contribution in [0.1, 0.15) is 5.56 Å². The number of hydrogen-bond acceptors (Lipinski definition) is 3. The van der Waals surface area contributed by atoms with E-state index in [0.717, 1.165) is 24.4 Å². The lowest BCUT2D eigenvalue weighted by Gasteiger charge is -2.10. The van der Waals surface area contributed by atoms with Gasteiger partial charge in [-0.2, -0.15) is 13.2 Å². The summed E-state index contributed by atoms with van der Waals surface area (Å²) in [5.41, 5.74) is -2.89. The number of amides is 2. The molecule has 10 heteroatoms. The van der Waals surface area contributed by atoms with Crippen molar-refractivity contribution in [3.63, 3.8) is 0 Å². The van der Waals surface area contributed by atoms with Crippen LogP contribution in [-0.4, -0.2) is 16.0 Å². The number of aromatic nitrogens is 2. The van der Waals surface area contributed by atoms with Gasteiger partial charge < -0.3 is 15.6 Å². The first kappa shape index (κ1) is 15.4. The van der Waals surface area contributed by atoms with Crippen molar-refractivity contribution < 1.29 is 18.0 Å². The molecule has 0 bridgehead atoms. The number of aromatic amines is 2. The normalized spacial score (nSPS) is 11.0. The quantitative estimate of drug-likeness (QED) is 0.678. The fourth-order valence-corrected chi connectivity index (χ4v) is 1.56. The molecule has 2 amide bonds. The maximum absolute atomic E-state index is 12.5. The lowest BCUT2D eigenvalue weighted by atomic mass is 10.2. The molecule has 22 heavy (non-hydrogen) atoms. The highest BCUT2D eigenvalue weighted by atomic mass is 19.4. The zero-order chi connectivity index (χ0) is 16.3. The van der Waals surface area contributed by atoms with Crippen LogP contribution in [0.2, 0.25) is 0 Å². The van der Waals surface area contributed by atoms with Gasteiger partial charge in [-0.15, -0.1) is 0 Å². The number of nitrogens with one attached hydrogen (secondary N) is 4. The van der Waals surface area contributed by atoms with Gasteiger partial charge in [0, 0.05) is 11.9 Å². The number of H-pyrrole nitrogens is 2. The van der Waals surface area contributed by atoms with E-state index < -0.39 is 29.0 Å². The molecule has 2 rings (SSSR count). The monoisotopic (exact) mass is 314 g/mol. The number of halogens is 3. The van der Waals surface area contributed by atoms with Crippen LogP contribution in [0, 0.1) is 0 Å². The first-order valence-electron chi connectivity index (χ1n) is 5.83. The van der Waals surface area contributed by atoms with Crippen LogP contribution in [0.25, 0.3) is 0 Å². The minimum atomic E-state index is -4.54. The molecule has 1 aromatic heterocycles. The van der Waals surface area contributed by atoms with Crippen molar-refractivity contribution in [3.05, 3.63) is 56.9 Å². The summed E-state index contributed by atoms with van der Waals surface area (Å²) in [6.45, 7) is 0. The Morgan fingerprint density at radius 2 is 1.86 bits per heavy atom. The van der Waals surface area contributed by atoms with Gasteiger partial charge in [0.15, 0.2) is 0 Å². The third kappa shape index (κ3) is 3.75. The molecule has 0 radical (unpaired) electrons. The molecule has 0 saturated carbocycles. The summed E-state index contributed by atoms with van der Waals surface area (Å²) < 4.78 is 37.6. The highest BCUT2D eigenvalue weighted by Gasteiger charge is 2.30. The van der Waals surface area contributed by atoms with E-state index in [1.807, 2.05) is 4.98 Å². The minimum absolute atomic E-state index is 0.104. The molecule has 0 saturated heterocycles. The van der Waals surface area contributed by atoms with Crippen LogP contribution in [0.3, 0.4) is 0 Å². The van der Waals surface area contributed by atoms with Gasteiger partial charge in [-0.3, -0.25) is 9.78 Å². The molecular formula is C12H9F3N4O3. The Balaban J connectivity index is 2.12. The fourth-order valence-electron chi connectivity index (χ4n) is 1.56. The van der Waals surface area contributed by atoms with Crippen molar-refractivity contribution in [1.82, 2.24) is 9.97 Å². The SMILES string of the molecule is O=C(Nc1cccc(C(F)(F)F)c1)Nc1c[nH]c(=O)[nH]c1=O. The van der Waals surface area contributed by atoms with Gasteiger partial charge in [-0.1, -0.05) is 6.07 Å². The zero-order valence-corrected chi connectivity index (χ0v) is 10.7. The molecule has 0 aliphatic heterocycles. The lowest BCUT2D eigenvalue weighted by Crippen LogP contribution is -2.28. The van der Waals surface area contributed by atoms with E-state index in [-0.39, 0.29) is 11.4 Å².